The van der Waals surface area contributed by atoms with E-state index in [1.54, 1.807) is 0 Å². The molecule has 0 unspecified atom stereocenters. The molecule has 0 bridgehead atoms. The first-order chi connectivity index (χ1) is 2.94. The zero-order valence-electron chi connectivity index (χ0n) is 7.08. The molecule has 0 saturated heterocycles. The predicted molar refractivity (Wildman–Crippen MR) is 73.4 cm³/mol. The van der Waals surface area contributed by atoms with Gasteiger partial charge in [-0.25, -0.2) is 0 Å². The van der Waals surface area contributed by atoms with Crippen molar-refractivity contribution in [1.29, 1.82) is 0 Å². The van der Waals surface area contributed by atoms with Gasteiger partial charge in [0.15, 0.2) is 0 Å². The van der Waals surface area contributed by atoms with Crippen LogP contribution in [-0.2, 0) is 4.57 Å². The summed E-state index contributed by atoms with van der Waals surface area (Å²) in [5.74, 6) is 0. The molecule has 0 heterocycles. The summed E-state index contributed by atoms with van der Waals surface area (Å²) in [6.45, 7) is 2.97. The van der Waals surface area contributed by atoms with Crippen molar-refractivity contribution in [3.63, 3.8) is 0 Å². The van der Waals surface area contributed by atoms with Crippen molar-refractivity contribution in [2.45, 2.75) is 19.5 Å². The van der Waals surface area contributed by atoms with Gasteiger partial charge in [0.2, 0.25) is 0 Å². The van der Waals surface area contributed by atoms with Gasteiger partial charge >= 0.3 is 32.0 Å². The van der Waals surface area contributed by atoms with Crippen LogP contribution >= 0.6 is 69.6 Å². The molecule has 0 aliphatic rings. The van der Waals surface area contributed by atoms with Crippen LogP contribution in [0.25, 0.3) is 0 Å². The average Bonchev–Trinajstić information content (AvgIpc) is 1.31. The maximum atomic E-state index is 10.0. The Morgan fingerprint density at radius 1 is 0.923 bits per heavy atom. The molecule has 0 fully saturated rings. The zero-order valence-corrected chi connectivity index (χ0v) is 16.1. The van der Waals surface area contributed by atoms with Crippen molar-refractivity contribution in [2.75, 3.05) is 0 Å². The van der Waals surface area contributed by atoms with Crippen molar-refractivity contribution >= 4 is 94.1 Å². The summed E-state index contributed by atoms with van der Waals surface area (Å²) in [7, 11) is -3.74. The van der Waals surface area contributed by atoms with E-state index in [1.165, 1.54) is 13.8 Å². The first kappa shape index (κ1) is 45.2. The Hall–Kier alpha value is 2.42. The first-order valence-corrected chi connectivity index (χ1v) is 3.68. The molecule has 0 spiro atoms. The van der Waals surface area contributed by atoms with E-state index in [0.717, 1.165) is 0 Å². The van der Waals surface area contributed by atoms with Gasteiger partial charge in [-0.1, -0.05) is 13.8 Å². The van der Waals surface area contributed by atoms with Crippen LogP contribution in [-0.4, -0.2) is 39.9 Å². The van der Waals surface area contributed by atoms with Gasteiger partial charge in [-0.2, -0.15) is 0 Å². The molecule has 0 saturated carbocycles. The van der Waals surface area contributed by atoms with E-state index < -0.39 is 13.3 Å². The topological polar surface area (TPSA) is 57.5 Å². The molecule has 0 aromatic rings. The fraction of sp³-hybridized carbons (Fsp3) is 1.00. The molecule has 0 atom stereocenters. The molecule has 10 heteroatoms. The number of rotatable bonds is 1. The Morgan fingerprint density at radius 3 is 1.00 bits per heavy atom. The maximum absolute atomic E-state index is 10.0. The number of hydrogen-bond donors (Lipinski definition) is 2. The Morgan fingerprint density at radius 2 is 1.00 bits per heavy atom. The zero-order chi connectivity index (χ0) is 6.08. The van der Waals surface area contributed by atoms with Gasteiger partial charge < -0.3 is 9.79 Å². The van der Waals surface area contributed by atoms with Crippen molar-refractivity contribution in [1.82, 2.24) is 0 Å². The molecule has 3 nitrogen and oxygen atoms in total. The fourth-order valence-electron chi connectivity index (χ4n) is 0. The van der Waals surface area contributed by atoms with E-state index in [4.69, 9.17) is 9.79 Å². The number of hydrogen-bond acceptors (Lipinski definition) is 1. The minimum atomic E-state index is -3.74. The molecule has 0 aromatic carbocycles. The van der Waals surface area contributed by atoms with Crippen LogP contribution in [0.4, 0.5) is 0 Å². The van der Waals surface area contributed by atoms with Gasteiger partial charge in [-0.05, 0) is 0 Å². The molecule has 13 heavy (non-hydrogen) atoms. The van der Waals surface area contributed by atoms with Gasteiger partial charge in [0.1, 0.15) is 0 Å². The molecule has 0 aromatic heterocycles. The van der Waals surface area contributed by atoms with Gasteiger partial charge in [-0.3, -0.25) is 4.57 Å². The molecule has 0 aliphatic carbocycles. The molecular weight excluding hydrogens is 414 g/mol. The summed E-state index contributed by atoms with van der Waals surface area (Å²) in [5, 5.41) is 0. The van der Waals surface area contributed by atoms with Crippen LogP contribution in [0.3, 0.4) is 0 Å². The molecule has 0 aliphatic heterocycles. The van der Waals surface area contributed by atoms with E-state index in [9.17, 15) is 4.57 Å². The quantitative estimate of drug-likeness (QED) is 0.489. The van der Waals surface area contributed by atoms with Gasteiger partial charge in [0.05, 0.1) is 5.66 Å². The van der Waals surface area contributed by atoms with E-state index >= 15 is 0 Å². The molecule has 92 valence electrons. The third-order valence-corrected chi connectivity index (χ3v) is 2.02. The van der Waals surface area contributed by atoms with Gasteiger partial charge in [0.25, 0.3) is 0 Å². The van der Waals surface area contributed by atoms with Crippen LogP contribution < -0.4 is 0 Å². The second kappa shape index (κ2) is 19.9. The summed E-state index contributed by atoms with van der Waals surface area (Å²) in [6, 6.07) is 0. The Labute approximate surface area is 127 Å². The molecular formula is C3H17Cl5O3PSb. The molecule has 0 amide bonds. The van der Waals surface area contributed by atoms with Crippen LogP contribution in [0.2, 0.25) is 0 Å². The van der Waals surface area contributed by atoms with E-state index in [2.05, 4.69) is 0 Å². The van der Waals surface area contributed by atoms with Crippen LogP contribution in [0.15, 0.2) is 0 Å². The second-order valence-corrected chi connectivity index (χ2v) is 3.89. The monoisotopic (exact) mass is 428 g/mol. The first-order valence-electron chi connectivity index (χ1n) is 2.00. The summed E-state index contributed by atoms with van der Waals surface area (Å²) in [4.78, 5) is 16.4. The van der Waals surface area contributed by atoms with Crippen molar-refractivity contribution in [3.8, 4) is 0 Å². The number of halogens is 5. The van der Waals surface area contributed by atoms with Gasteiger partial charge in [-0.15, -0.1) is 62.0 Å². The van der Waals surface area contributed by atoms with Crippen molar-refractivity contribution in [3.05, 3.63) is 0 Å². The van der Waals surface area contributed by atoms with Crippen LogP contribution in [0, 0.1) is 0 Å². The third-order valence-electron chi connectivity index (χ3n) is 0.673. The molecule has 2 N–H and O–H groups in total. The summed E-state index contributed by atoms with van der Waals surface area (Å²) in [6.07, 6.45) is 0. The average molecular weight is 431 g/mol. The van der Waals surface area contributed by atoms with E-state index in [1.807, 2.05) is 0 Å². The normalized spacial score (nSPS) is 6.85. The second-order valence-electron chi connectivity index (χ2n) is 1.68. The Kier molecular flexibility index (Phi) is 69.3. The minimum absolute atomic E-state index is 0. The third kappa shape index (κ3) is 31.4. The molecule has 0 rings (SSSR count). The van der Waals surface area contributed by atoms with E-state index in [0.29, 0.717) is 0 Å². The summed E-state index contributed by atoms with van der Waals surface area (Å²) < 4.78 is 10.0. The summed E-state index contributed by atoms with van der Waals surface area (Å²) >= 11 is 0. The van der Waals surface area contributed by atoms with E-state index in [-0.39, 0.29) is 86.5 Å². The molecule has 0 radical (unpaired) electrons. The summed E-state index contributed by atoms with van der Waals surface area (Å²) in [5.41, 5.74) is -0.535. The fourth-order valence-corrected chi connectivity index (χ4v) is 0. The Bertz CT molecular complexity index is 109. The van der Waals surface area contributed by atoms with Crippen LogP contribution in [0.1, 0.15) is 13.8 Å². The predicted octanol–water partition coefficient (Wildman–Crippen LogP) is 1.50. The van der Waals surface area contributed by atoms with Crippen molar-refractivity contribution < 1.29 is 14.4 Å². The Balaban J connectivity index is -0.0000000120. The standard InChI is InChI=1S/C3H9O3P.5ClH.Sb.3H/c1-3(2)7(4,5)6;;;;;;;;;/h3H,1-2H3,(H2,4,5,6);5*1H;;;;. The van der Waals surface area contributed by atoms with Gasteiger partial charge in [0, 0.05) is 0 Å². The SMILES string of the molecule is CC(C)P(=O)(O)O.Cl.Cl.Cl.Cl.Cl.[SbH3]. The van der Waals surface area contributed by atoms with Crippen molar-refractivity contribution in [2.24, 2.45) is 0 Å². The van der Waals surface area contributed by atoms with Crippen LogP contribution in [0.5, 0.6) is 0 Å².